The molecule has 0 amide bonds. The van der Waals surface area contributed by atoms with Crippen molar-refractivity contribution in [1.29, 1.82) is 0 Å². The fraction of sp³-hybridized carbons (Fsp3) is 1.00. The molecule has 3 nitrogen and oxygen atoms in total. The Bertz CT molecular complexity index is 229. The maximum Gasteiger partial charge on any atom is 0.0702 e. The van der Waals surface area contributed by atoms with E-state index in [0.29, 0.717) is 6.10 Å². The molecule has 0 bridgehead atoms. The molecule has 0 aromatic carbocycles. The molecule has 0 aromatic rings. The molecule has 1 saturated heterocycles. The molecule has 1 heterocycles. The molecule has 0 spiro atoms. The summed E-state index contributed by atoms with van der Waals surface area (Å²) in [5.74, 6) is 0. The molecule has 0 aromatic heterocycles. The van der Waals surface area contributed by atoms with Crippen molar-refractivity contribution in [3.8, 4) is 0 Å². The summed E-state index contributed by atoms with van der Waals surface area (Å²) in [4.78, 5) is 2.43. The summed E-state index contributed by atoms with van der Waals surface area (Å²) >= 11 is 0. The third kappa shape index (κ3) is 5.80. The second-order valence-corrected chi connectivity index (χ2v) is 6.38. The van der Waals surface area contributed by atoms with Crippen LogP contribution in [-0.4, -0.2) is 43.3 Å². The van der Waals surface area contributed by atoms with Gasteiger partial charge < -0.3 is 10.5 Å². The Morgan fingerprint density at radius 2 is 2.00 bits per heavy atom. The van der Waals surface area contributed by atoms with Crippen LogP contribution in [0.25, 0.3) is 0 Å². The smallest absolute Gasteiger partial charge is 0.0702 e. The summed E-state index contributed by atoms with van der Waals surface area (Å²) in [6.45, 7) is 7.28. The number of rotatable bonds is 10. The molecule has 2 atom stereocenters. The summed E-state index contributed by atoms with van der Waals surface area (Å²) in [5, 5.41) is 0. The van der Waals surface area contributed by atoms with Crippen molar-refractivity contribution >= 4 is 0 Å². The van der Waals surface area contributed by atoms with E-state index in [1.54, 1.807) is 0 Å². The SMILES string of the molecule is CCCCCCCC(C)(CN)N(C)CC1CCCO1. The van der Waals surface area contributed by atoms with Crippen molar-refractivity contribution in [3.63, 3.8) is 0 Å². The van der Waals surface area contributed by atoms with Crippen LogP contribution in [0.4, 0.5) is 0 Å². The lowest BCUT2D eigenvalue weighted by molar-refractivity contribution is 0.0393. The highest BCUT2D eigenvalue weighted by Gasteiger charge is 2.30. The Morgan fingerprint density at radius 3 is 2.58 bits per heavy atom. The first-order valence-electron chi connectivity index (χ1n) is 8.15. The van der Waals surface area contributed by atoms with Crippen LogP contribution in [0.2, 0.25) is 0 Å². The third-order valence-corrected chi connectivity index (χ3v) is 4.68. The van der Waals surface area contributed by atoms with Crippen molar-refractivity contribution in [2.45, 2.75) is 76.9 Å². The Balaban J connectivity index is 2.30. The predicted molar refractivity (Wildman–Crippen MR) is 82.4 cm³/mol. The molecule has 3 heteroatoms. The Morgan fingerprint density at radius 1 is 1.26 bits per heavy atom. The van der Waals surface area contributed by atoms with E-state index in [0.717, 1.165) is 19.7 Å². The van der Waals surface area contributed by atoms with Gasteiger partial charge in [-0.2, -0.15) is 0 Å². The van der Waals surface area contributed by atoms with Gasteiger partial charge >= 0.3 is 0 Å². The van der Waals surface area contributed by atoms with Crippen molar-refractivity contribution in [3.05, 3.63) is 0 Å². The quantitative estimate of drug-likeness (QED) is 0.620. The third-order valence-electron chi connectivity index (χ3n) is 4.68. The zero-order chi connectivity index (χ0) is 14.1. The zero-order valence-corrected chi connectivity index (χ0v) is 13.3. The van der Waals surface area contributed by atoms with Gasteiger partial charge in [-0.25, -0.2) is 0 Å². The molecule has 19 heavy (non-hydrogen) atoms. The van der Waals surface area contributed by atoms with Gasteiger partial charge in [0.05, 0.1) is 6.10 Å². The topological polar surface area (TPSA) is 38.5 Å². The van der Waals surface area contributed by atoms with Gasteiger partial charge in [-0.3, -0.25) is 4.90 Å². The molecule has 0 radical (unpaired) electrons. The first-order valence-corrected chi connectivity index (χ1v) is 8.15. The molecule has 1 aliphatic rings. The van der Waals surface area contributed by atoms with E-state index in [1.807, 2.05) is 0 Å². The van der Waals surface area contributed by atoms with E-state index in [-0.39, 0.29) is 5.54 Å². The number of unbranched alkanes of at least 4 members (excludes halogenated alkanes) is 4. The maximum atomic E-state index is 6.04. The number of likely N-dealkylation sites (N-methyl/N-ethyl adjacent to an activating group) is 1. The molecule has 114 valence electrons. The lowest BCUT2D eigenvalue weighted by Crippen LogP contribution is -2.51. The van der Waals surface area contributed by atoms with E-state index < -0.39 is 0 Å². The molecule has 2 N–H and O–H groups in total. The highest BCUT2D eigenvalue weighted by atomic mass is 16.5. The van der Waals surface area contributed by atoms with Crippen molar-refractivity contribution in [2.75, 3.05) is 26.7 Å². The largest absolute Gasteiger partial charge is 0.377 e. The first kappa shape index (κ1) is 16.9. The van der Waals surface area contributed by atoms with Gasteiger partial charge in [0.1, 0.15) is 0 Å². The van der Waals surface area contributed by atoms with E-state index in [1.165, 1.54) is 51.4 Å². The Kier molecular flexibility index (Phi) is 7.96. The number of nitrogens with two attached hydrogens (primary N) is 1. The van der Waals surface area contributed by atoms with Gasteiger partial charge in [-0.1, -0.05) is 39.0 Å². The summed E-state index contributed by atoms with van der Waals surface area (Å²) in [6, 6.07) is 0. The highest BCUT2D eigenvalue weighted by Crippen LogP contribution is 2.23. The average Bonchev–Trinajstić information content (AvgIpc) is 2.91. The maximum absolute atomic E-state index is 6.04. The van der Waals surface area contributed by atoms with Gasteiger partial charge in [0.2, 0.25) is 0 Å². The molecule has 1 aliphatic heterocycles. The summed E-state index contributed by atoms with van der Waals surface area (Å²) < 4.78 is 5.74. The predicted octanol–water partition coefficient (Wildman–Crippen LogP) is 3.18. The molecule has 0 aliphatic carbocycles. The lowest BCUT2D eigenvalue weighted by atomic mass is 9.92. The fourth-order valence-electron chi connectivity index (χ4n) is 2.87. The van der Waals surface area contributed by atoms with Gasteiger partial charge in [-0.05, 0) is 33.2 Å². The molecule has 1 fully saturated rings. The average molecular weight is 270 g/mol. The molecular weight excluding hydrogens is 236 g/mol. The Hall–Kier alpha value is -0.120. The highest BCUT2D eigenvalue weighted by molar-refractivity contribution is 4.87. The standard InChI is InChI=1S/C16H34N2O/c1-4-5-6-7-8-11-16(2,14-17)18(3)13-15-10-9-12-19-15/h15H,4-14,17H2,1-3H3. The minimum Gasteiger partial charge on any atom is -0.377 e. The van der Waals surface area contributed by atoms with Gasteiger partial charge in [0.15, 0.2) is 0 Å². The van der Waals surface area contributed by atoms with Gasteiger partial charge in [-0.15, -0.1) is 0 Å². The van der Waals surface area contributed by atoms with Crippen molar-refractivity contribution in [2.24, 2.45) is 5.73 Å². The molecule has 1 rings (SSSR count). The van der Waals surface area contributed by atoms with Crippen molar-refractivity contribution < 1.29 is 4.74 Å². The van der Waals surface area contributed by atoms with Crippen LogP contribution in [-0.2, 0) is 4.74 Å². The number of hydrogen-bond donors (Lipinski definition) is 1. The normalized spacial score (nSPS) is 22.9. The van der Waals surface area contributed by atoms with E-state index in [4.69, 9.17) is 10.5 Å². The number of ether oxygens (including phenoxy) is 1. The van der Waals surface area contributed by atoms with Crippen LogP contribution in [0.3, 0.4) is 0 Å². The second kappa shape index (κ2) is 8.93. The molecular formula is C16H34N2O. The van der Waals surface area contributed by atoms with Crippen LogP contribution in [0.15, 0.2) is 0 Å². The van der Waals surface area contributed by atoms with E-state index in [9.17, 15) is 0 Å². The first-order chi connectivity index (χ1) is 9.12. The lowest BCUT2D eigenvalue weighted by Gasteiger charge is -2.39. The van der Waals surface area contributed by atoms with Crippen LogP contribution in [0.1, 0.15) is 65.2 Å². The van der Waals surface area contributed by atoms with E-state index >= 15 is 0 Å². The minimum atomic E-state index is 0.137. The molecule has 0 saturated carbocycles. The van der Waals surface area contributed by atoms with Crippen LogP contribution < -0.4 is 5.73 Å². The van der Waals surface area contributed by atoms with Crippen LogP contribution >= 0.6 is 0 Å². The fourth-order valence-corrected chi connectivity index (χ4v) is 2.87. The van der Waals surface area contributed by atoms with Crippen molar-refractivity contribution in [1.82, 2.24) is 4.90 Å². The van der Waals surface area contributed by atoms with Crippen LogP contribution in [0, 0.1) is 0 Å². The van der Waals surface area contributed by atoms with E-state index in [2.05, 4.69) is 25.8 Å². The monoisotopic (exact) mass is 270 g/mol. The summed E-state index contributed by atoms with van der Waals surface area (Å²) in [7, 11) is 2.21. The number of nitrogens with zero attached hydrogens (tertiary/aromatic N) is 1. The second-order valence-electron chi connectivity index (χ2n) is 6.38. The van der Waals surface area contributed by atoms with Gasteiger partial charge in [0, 0.05) is 25.2 Å². The minimum absolute atomic E-state index is 0.137. The summed E-state index contributed by atoms with van der Waals surface area (Å²) in [5.41, 5.74) is 6.18. The van der Waals surface area contributed by atoms with Gasteiger partial charge in [0.25, 0.3) is 0 Å². The zero-order valence-electron chi connectivity index (χ0n) is 13.3. The molecule has 2 unspecified atom stereocenters. The van der Waals surface area contributed by atoms with Crippen LogP contribution in [0.5, 0.6) is 0 Å². The number of hydrogen-bond acceptors (Lipinski definition) is 3. The summed E-state index contributed by atoms with van der Waals surface area (Å²) in [6.07, 6.45) is 10.7. The Labute approximate surface area is 119 Å².